The van der Waals surface area contributed by atoms with Crippen LogP contribution in [0.5, 0.6) is 5.75 Å². The molecule has 0 unspecified atom stereocenters. The van der Waals surface area contributed by atoms with Crippen molar-refractivity contribution in [3.8, 4) is 5.75 Å². The molecule has 2 aromatic carbocycles. The zero-order valence-corrected chi connectivity index (χ0v) is 11.2. The van der Waals surface area contributed by atoms with Crippen molar-refractivity contribution in [1.29, 1.82) is 0 Å². The SMILES string of the molecule is COc1ccc(NCCC(=O)c2ccc(F)cc2)cc1. The van der Waals surface area contributed by atoms with Crippen LogP contribution in [0.4, 0.5) is 10.1 Å². The highest BCUT2D eigenvalue weighted by Gasteiger charge is 2.05. The molecule has 0 aliphatic heterocycles. The predicted octanol–water partition coefficient (Wildman–Crippen LogP) is 3.52. The van der Waals surface area contributed by atoms with Crippen molar-refractivity contribution in [3.63, 3.8) is 0 Å². The van der Waals surface area contributed by atoms with Gasteiger partial charge >= 0.3 is 0 Å². The van der Waals surface area contributed by atoms with Crippen molar-refractivity contribution in [2.75, 3.05) is 19.0 Å². The Morgan fingerprint density at radius 2 is 1.75 bits per heavy atom. The van der Waals surface area contributed by atoms with Crippen molar-refractivity contribution in [2.24, 2.45) is 0 Å². The number of Topliss-reactive ketones (excluding diaryl/α,β-unsaturated/α-hetero) is 1. The third-order valence-corrected chi connectivity index (χ3v) is 2.94. The van der Waals surface area contributed by atoms with Gasteiger partial charge in [-0.25, -0.2) is 4.39 Å². The lowest BCUT2D eigenvalue weighted by molar-refractivity contribution is 0.0986. The second-order valence-electron chi connectivity index (χ2n) is 4.34. The number of nitrogens with one attached hydrogen (secondary N) is 1. The number of ether oxygens (including phenoxy) is 1. The molecule has 0 bridgehead atoms. The van der Waals surface area contributed by atoms with Crippen LogP contribution in [-0.2, 0) is 0 Å². The first kappa shape index (κ1) is 14.1. The lowest BCUT2D eigenvalue weighted by Crippen LogP contribution is -2.08. The fraction of sp³-hybridized carbons (Fsp3) is 0.188. The van der Waals surface area contributed by atoms with Gasteiger partial charge in [0.05, 0.1) is 7.11 Å². The van der Waals surface area contributed by atoms with E-state index in [1.165, 1.54) is 24.3 Å². The maximum Gasteiger partial charge on any atom is 0.164 e. The predicted molar refractivity (Wildman–Crippen MR) is 76.8 cm³/mol. The summed E-state index contributed by atoms with van der Waals surface area (Å²) in [4.78, 5) is 11.9. The molecule has 4 heteroatoms. The van der Waals surface area contributed by atoms with Crippen molar-refractivity contribution in [3.05, 3.63) is 59.9 Å². The Morgan fingerprint density at radius 3 is 2.35 bits per heavy atom. The van der Waals surface area contributed by atoms with E-state index >= 15 is 0 Å². The van der Waals surface area contributed by atoms with Crippen molar-refractivity contribution in [1.82, 2.24) is 0 Å². The van der Waals surface area contributed by atoms with E-state index in [4.69, 9.17) is 4.74 Å². The zero-order valence-electron chi connectivity index (χ0n) is 11.2. The summed E-state index contributed by atoms with van der Waals surface area (Å²) in [5, 5.41) is 3.16. The molecule has 0 aromatic heterocycles. The summed E-state index contributed by atoms with van der Waals surface area (Å²) in [6.07, 6.45) is 0.359. The number of methoxy groups -OCH3 is 1. The van der Waals surface area contributed by atoms with Gasteiger partial charge in [-0.1, -0.05) is 0 Å². The summed E-state index contributed by atoms with van der Waals surface area (Å²) in [7, 11) is 1.61. The number of halogens is 1. The number of rotatable bonds is 6. The molecule has 0 heterocycles. The number of benzene rings is 2. The Bertz CT molecular complexity index is 564. The summed E-state index contributed by atoms with van der Waals surface area (Å²) >= 11 is 0. The highest BCUT2D eigenvalue weighted by Crippen LogP contribution is 2.15. The van der Waals surface area contributed by atoms with Gasteiger partial charge in [0.1, 0.15) is 11.6 Å². The topological polar surface area (TPSA) is 38.3 Å². The van der Waals surface area contributed by atoms with Crippen LogP contribution in [0.3, 0.4) is 0 Å². The molecule has 0 radical (unpaired) electrons. The summed E-state index contributed by atoms with van der Waals surface area (Å²) in [6, 6.07) is 13.1. The standard InChI is InChI=1S/C16H16FNO2/c1-20-15-8-6-14(7-9-15)18-11-10-16(19)12-2-4-13(17)5-3-12/h2-9,18H,10-11H2,1H3. The number of ketones is 1. The molecule has 3 nitrogen and oxygen atoms in total. The van der Waals surface area contributed by atoms with Gasteiger partial charge in [0, 0.05) is 24.2 Å². The molecule has 0 aliphatic rings. The van der Waals surface area contributed by atoms with E-state index in [1.54, 1.807) is 7.11 Å². The van der Waals surface area contributed by atoms with E-state index in [9.17, 15) is 9.18 Å². The zero-order chi connectivity index (χ0) is 14.4. The molecule has 0 saturated carbocycles. The normalized spacial score (nSPS) is 10.1. The molecule has 0 aliphatic carbocycles. The van der Waals surface area contributed by atoms with Gasteiger partial charge in [-0.05, 0) is 48.5 Å². The molecule has 1 N–H and O–H groups in total. The minimum Gasteiger partial charge on any atom is -0.497 e. The first-order valence-electron chi connectivity index (χ1n) is 6.36. The highest BCUT2D eigenvalue weighted by molar-refractivity contribution is 5.96. The highest BCUT2D eigenvalue weighted by atomic mass is 19.1. The molecule has 2 rings (SSSR count). The number of carbonyl (C=O) groups excluding carboxylic acids is 1. The molecule has 2 aromatic rings. The van der Waals surface area contributed by atoms with Gasteiger partial charge in [0.25, 0.3) is 0 Å². The fourth-order valence-electron chi connectivity index (χ4n) is 1.81. The number of hydrogen-bond acceptors (Lipinski definition) is 3. The summed E-state index contributed by atoms with van der Waals surface area (Å²) in [5.74, 6) is 0.446. The Balaban J connectivity index is 1.82. The van der Waals surface area contributed by atoms with Crippen LogP contribution >= 0.6 is 0 Å². The van der Waals surface area contributed by atoms with E-state index < -0.39 is 0 Å². The largest absolute Gasteiger partial charge is 0.497 e. The van der Waals surface area contributed by atoms with Crippen LogP contribution in [0, 0.1) is 5.82 Å². The molecule has 0 spiro atoms. The average Bonchev–Trinajstić information content (AvgIpc) is 2.48. The van der Waals surface area contributed by atoms with Gasteiger partial charge < -0.3 is 10.1 Å². The van der Waals surface area contributed by atoms with Crippen molar-refractivity contribution in [2.45, 2.75) is 6.42 Å². The van der Waals surface area contributed by atoms with Crippen molar-refractivity contribution < 1.29 is 13.9 Å². The summed E-state index contributed by atoms with van der Waals surface area (Å²) in [6.45, 7) is 0.530. The molecule has 0 fully saturated rings. The van der Waals surface area contributed by atoms with Gasteiger partial charge in [0.2, 0.25) is 0 Å². The van der Waals surface area contributed by atoms with Gasteiger partial charge in [0.15, 0.2) is 5.78 Å². The smallest absolute Gasteiger partial charge is 0.164 e. The van der Waals surface area contributed by atoms with Gasteiger partial charge in [-0.2, -0.15) is 0 Å². The van der Waals surface area contributed by atoms with E-state index in [0.717, 1.165) is 11.4 Å². The third kappa shape index (κ3) is 3.82. The van der Waals surface area contributed by atoms with Crippen LogP contribution in [0.2, 0.25) is 0 Å². The first-order valence-corrected chi connectivity index (χ1v) is 6.36. The van der Waals surface area contributed by atoms with E-state index in [0.29, 0.717) is 18.5 Å². The number of anilines is 1. The van der Waals surface area contributed by atoms with Gasteiger partial charge in [-0.3, -0.25) is 4.79 Å². The van der Waals surface area contributed by atoms with Crippen molar-refractivity contribution >= 4 is 11.5 Å². The molecule has 0 amide bonds. The first-order chi connectivity index (χ1) is 9.69. The second-order valence-corrected chi connectivity index (χ2v) is 4.34. The average molecular weight is 273 g/mol. The lowest BCUT2D eigenvalue weighted by atomic mass is 10.1. The Morgan fingerprint density at radius 1 is 1.10 bits per heavy atom. The Hall–Kier alpha value is -2.36. The van der Waals surface area contributed by atoms with Crippen LogP contribution in [-0.4, -0.2) is 19.4 Å². The molecule has 0 saturated heterocycles. The van der Waals surface area contributed by atoms with E-state index in [1.807, 2.05) is 24.3 Å². The minimum atomic E-state index is -0.335. The molecule has 104 valence electrons. The molecular formula is C16H16FNO2. The lowest BCUT2D eigenvalue weighted by Gasteiger charge is -2.07. The number of carbonyl (C=O) groups is 1. The summed E-state index contributed by atoms with van der Waals surface area (Å²) < 4.78 is 17.8. The van der Waals surface area contributed by atoms with Crippen LogP contribution < -0.4 is 10.1 Å². The monoisotopic (exact) mass is 273 g/mol. The summed E-state index contributed by atoms with van der Waals surface area (Å²) in [5.41, 5.74) is 1.46. The molecule has 0 atom stereocenters. The van der Waals surface area contributed by atoms with Crippen LogP contribution in [0.25, 0.3) is 0 Å². The molecule has 20 heavy (non-hydrogen) atoms. The van der Waals surface area contributed by atoms with Gasteiger partial charge in [-0.15, -0.1) is 0 Å². The van der Waals surface area contributed by atoms with Crippen LogP contribution in [0.15, 0.2) is 48.5 Å². The Labute approximate surface area is 117 Å². The maximum absolute atomic E-state index is 12.8. The maximum atomic E-state index is 12.8. The fourth-order valence-corrected chi connectivity index (χ4v) is 1.81. The minimum absolute atomic E-state index is 0.00832. The molecular weight excluding hydrogens is 257 g/mol. The van der Waals surface area contributed by atoms with Crippen LogP contribution in [0.1, 0.15) is 16.8 Å². The van der Waals surface area contributed by atoms with E-state index in [2.05, 4.69) is 5.32 Å². The quantitative estimate of drug-likeness (QED) is 0.818. The Kier molecular flexibility index (Phi) is 4.71. The second kappa shape index (κ2) is 6.70. The third-order valence-electron chi connectivity index (χ3n) is 2.94. The van der Waals surface area contributed by atoms with E-state index in [-0.39, 0.29) is 11.6 Å². The number of hydrogen-bond donors (Lipinski definition) is 1.